The smallest absolute Gasteiger partial charge is 0.234 e. The molecule has 0 spiro atoms. The molecule has 0 radical (unpaired) electrons. The number of halogens is 1. The molecule has 1 amide bonds. The lowest BCUT2D eigenvalue weighted by molar-refractivity contribution is -0.113. The number of anilines is 2. The first-order valence-corrected chi connectivity index (χ1v) is 11.5. The van der Waals surface area contributed by atoms with E-state index in [0.717, 1.165) is 38.9 Å². The monoisotopic (exact) mass is 456 g/mol. The minimum atomic E-state index is -0.125. The number of hydrogen-bond donors (Lipinski definition) is 2. The number of fused-ring (bicyclic) bond motifs is 1. The van der Waals surface area contributed by atoms with E-state index in [1.54, 1.807) is 30.5 Å². The summed E-state index contributed by atoms with van der Waals surface area (Å²) in [4.78, 5) is 18.5. The van der Waals surface area contributed by atoms with Crippen LogP contribution in [0.25, 0.3) is 20.9 Å². The van der Waals surface area contributed by atoms with Crippen molar-refractivity contribution in [1.29, 1.82) is 0 Å². The summed E-state index contributed by atoms with van der Waals surface area (Å²) in [5.74, 6) is 0.844. The summed E-state index contributed by atoms with van der Waals surface area (Å²) in [7, 11) is 0. The third-order valence-electron chi connectivity index (χ3n) is 4.73. The SMILES string of the molecule is Nc1c(-c2nnc(SCC(=O)Nc3cccc(Cl)c3)n2C2CC2)sc2ncccc12. The minimum absolute atomic E-state index is 0.125. The summed E-state index contributed by atoms with van der Waals surface area (Å²) in [6.07, 6.45) is 3.89. The van der Waals surface area contributed by atoms with Gasteiger partial charge in [-0.1, -0.05) is 29.4 Å². The topological polar surface area (TPSA) is 98.7 Å². The second-order valence-electron chi connectivity index (χ2n) is 6.96. The minimum Gasteiger partial charge on any atom is -0.397 e. The molecular formula is C20H17ClN6OS2. The number of nitrogens with two attached hydrogens (primary N) is 1. The van der Waals surface area contributed by atoms with E-state index < -0.39 is 0 Å². The molecule has 0 bridgehead atoms. The Kier molecular flexibility index (Phi) is 5.10. The van der Waals surface area contributed by atoms with E-state index in [0.29, 0.717) is 22.4 Å². The van der Waals surface area contributed by atoms with E-state index in [2.05, 4.69) is 25.1 Å². The van der Waals surface area contributed by atoms with Crippen LogP contribution in [0.15, 0.2) is 47.8 Å². The number of nitrogen functional groups attached to an aromatic ring is 1. The molecule has 3 heterocycles. The first kappa shape index (κ1) is 19.3. The molecule has 5 rings (SSSR count). The maximum Gasteiger partial charge on any atom is 0.234 e. The molecule has 0 unspecified atom stereocenters. The number of aromatic nitrogens is 4. The summed E-state index contributed by atoms with van der Waals surface area (Å²) >= 11 is 8.86. The Balaban J connectivity index is 1.38. The number of nitrogens with one attached hydrogen (secondary N) is 1. The summed E-state index contributed by atoms with van der Waals surface area (Å²) < 4.78 is 2.11. The van der Waals surface area contributed by atoms with Gasteiger partial charge in [0, 0.05) is 28.3 Å². The van der Waals surface area contributed by atoms with Gasteiger partial charge in [0.25, 0.3) is 0 Å². The molecule has 1 aromatic carbocycles. The first-order chi connectivity index (χ1) is 14.6. The van der Waals surface area contributed by atoms with Crippen molar-refractivity contribution in [3.05, 3.63) is 47.6 Å². The van der Waals surface area contributed by atoms with Crippen LogP contribution < -0.4 is 11.1 Å². The normalized spacial score (nSPS) is 13.6. The van der Waals surface area contributed by atoms with Crippen LogP contribution in [0.5, 0.6) is 0 Å². The second-order valence-corrected chi connectivity index (χ2v) is 9.33. The lowest BCUT2D eigenvalue weighted by Crippen LogP contribution is -2.14. The predicted octanol–water partition coefficient (Wildman–Crippen LogP) is 4.86. The number of nitrogens with zero attached hydrogens (tertiary/aromatic N) is 4. The van der Waals surface area contributed by atoms with Crippen molar-refractivity contribution in [2.75, 3.05) is 16.8 Å². The maximum absolute atomic E-state index is 12.4. The van der Waals surface area contributed by atoms with E-state index in [-0.39, 0.29) is 11.7 Å². The maximum atomic E-state index is 12.4. The van der Waals surface area contributed by atoms with Crippen LogP contribution in [0.3, 0.4) is 0 Å². The van der Waals surface area contributed by atoms with Gasteiger partial charge < -0.3 is 11.1 Å². The average molecular weight is 457 g/mol. The van der Waals surface area contributed by atoms with E-state index >= 15 is 0 Å². The lowest BCUT2D eigenvalue weighted by Gasteiger charge is -2.09. The third-order valence-corrected chi connectivity index (χ3v) is 7.03. The van der Waals surface area contributed by atoms with Crippen LogP contribution in [0.4, 0.5) is 11.4 Å². The van der Waals surface area contributed by atoms with Crippen LogP contribution in [0, 0.1) is 0 Å². The highest BCUT2D eigenvalue weighted by atomic mass is 35.5. The number of carbonyl (C=O) groups is 1. The molecule has 7 nitrogen and oxygen atoms in total. The Hall–Kier alpha value is -2.62. The van der Waals surface area contributed by atoms with E-state index in [9.17, 15) is 4.79 Å². The molecule has 1 saturated carbocycles. The Morgan fingerprint density at radius 3 is 2.93 bits per heavy atom. The Morgan fingerprint density at radius 2 is 2.17 bits per heavy atom. The fourth-order valence-corrected chi connectivity index (χ4v) is 5.24. The van der Waals surface area contributed by atoms with Gasteiger partial charge in [0.1, 0.15) is 4.83 Å². The lowest BCUT2D eigenvalue weighted by atomic mass is 10.2. The molecule has 4 aromatic rings. The molecule has 3 N–H and O–H groups in total. The van der Waals surface area contributed by atoms with Crippen molar-refractivity contribution in [2.45, 2.75) is 24.0 Å². The summed E-state index contributed by atoms with van der Waals surface area (Å²) in [5, 5.41) is 13.9. The highest BCUT2D eigenvalue weighted by molar-refractivity contribution is 7.99. The number of hydrogen-bond acceptors (Lipinski definition) is 7. The zero-order valence-corrected chi connectivity index (χ0v) is 18.1. The van der Waals surface area contributed by atoms with E-state index in [1.807, 2.05) is 12.1 Å². The van der Waals surface area contributed by atoms with Crippen LogP contribution in [0.2, 0.25) is 5.02 Å². The number of amides is 1. The largest absolute Gasteiger partial charge is 0.397 e. The first-order valence-electron chi connectivity index (χ1n) is 9.36. The Labute approximate surface area is 185 Å². The van der Waals surface area contributed by atoms with Gasteiger partial charge in [0.05, 0.1) is 16.3 Å². The molecule has 10 heteroatoms. The van der Waals surface area contributed by atoms with E-state index in [4.69, 9.17) is 17.3 Å². The second kappa shape index (κ2) is 7.90. The molecule has 0 atom stereocenters. The number of benzene rings is 1. The number of rotatable bonds is 6. The van der Waals surface area contributed by atoms with Crippen molar-refractivity contribution >= 4 is 62.2 Å². The van der Waals surface area contributed by atoms with Crippen LogP contribution in [-0.4, -0.2) is 31.4 Å². The number of carbonyl (C=O) groups excluding carboxylic acids is 1. The van der Waals surface area contributed by atoms with Gasteiger partial charge in [-0.05, 0) is 43.2 Å². The van der Waals surface area contributed by atoms with Gasteiger partial charge in [-0.3, -0.25) is 9.36 Å². The van der Waals surface area contributed by atoms with Gasteiger partial charge in [0.2, 0.25) is 5.91 Å². The highest BCUT2D eigenvalue weighted by Gasteiger charge is 2.32. The molecule has 0 aliphatic heterocycles. The molecule has 1 fully saturated rings. The number of pyridine rings is 1. The van der Waals surface area contributed by atoms with Gasteiger partial charge in [-0.25, -0.2) is 4.98 Å². The van der Waals surface area contributed by atoms with Crippen molar-refractivity contribution in [3.8, 4) is 10.7 Å². The fraction of sp³-hybridized carbons (Fsp3) is 0.200. The van der Waals surface area contributed by atoms with Crippen molar-refractivity contribution < 1.29 is 4.79 Å². The molecule has 3 aromatic heterocycles. The quantitative estimate of drug-likeness (QED) is 0.402. The zero-order chi connectivity index (χ0) is 20.7. The zero-order valence-electron chi connectivity index (χ0n) is 15.7. The Morgan fingerprint density at radius 1 is 1.30 bits per heavy atom. The molecule has 1 aliphatic carbocycles. The summed E-state index contributed by atoms with van der Waals surface area (Å²) in [5.41, 5.74) is 7.74. The molecular weight excluding hydrogens is 440 g/mol. The van der Waals surface area contributed by atoms with Crippen LogP contribution in [0.1, 0.15) is 18.9 Å². The van der Waals surface area contributed by atoms with Crippen molar-refractivity contribution in [2.24, 2.45) is 0 Å². The van der Waals surface area contributed by atoms with Gasteiger partial charge in [-0.2, -0.15) is 0 Å². The standard InChI is InChI=1S/C20H17ClN6OS2/c21-11-3-1-4-12(9-11)24-15(28)10-29-20-26-25-18(27(20)13-6-7-13)17-16(22)14-5-2-8-23-19(14)30-17/h1-5,8-9,13H,6-7,10,22H2,(H,24,28). The van der Waals surface area contributed by atoms with Gasteiger partial charge in [0.15, 0.2) is 11.0 Å². The molecule has 30 heavy (non-hydrogen) atoms. The Bertz CT molecular complexity index is 1250. The van der Waals surface area contributed by atoms with E-state index in [1.165, 1.54) is 23.1 Å². The van der Waals surface area contributed by atoms with Crippen molar-refractivity contribution in [3.63, 3.8) is 0 Å². The van der Waals surface area contributed by atoms with Gasteiger partial charge >= 0.3 is 0 Å². The van der Waals surface area contributed by atoms with Gasteiger partial charge in [-0.15, -0.1) is 21.5 Å². The van der Waals surface area contributed by atoms with Crippen LogP contribution in [-0.2, 0) is 4.79 Å². The number of thioether (sulfide) groups is 1. The summed E-state index contributed by atoms with van der Waals surface area (Å²) in [6, 6.07) is 11.3. The molecule has 152 valence electrons. The molecule has 0 saturated heterocycles. The third kappa shape index (κ3) is 3.76. The highest BCUT2D eigenvalue weighted by Crippen LogP contribution is 2.45. The predicted molar refractivity (Wildman–Crippen MR) is 122 cm³/mol. The van der Waals surface area contributed by atoms with Crippen LogP contribution >= 0.6 is 34.7 Å². The average Bonchev–Trinajstić information content (AvgIpc) is 3.40. The fourth-order valence-electron chi connectivity index (χ4n) is 3.20. The molecule has 1 aliphatic rings. The van der Waals surface area contributed by atoms with Crippen molar-refractivity contribution in [1.82, 2.24) is 19.7 Å². The number of thiophene rings is 1. The summed E-state index contributed by atoms with van der Waals surface area (Å²) in [6.45, 7) is 0.